The van der Waals surface area contributed by atoms with Crippen LogP contribution in [0.2, 0.25) is 0 Å². The van der Waals surface area contributed by atoms with Gasteiger partial charge in [-0.3, -0.25) is 4.68 Å². The molecule has 2 aromatic rings. The van der Waals surface area contributed by atoms with Crippen LogP contribution in [0.4, 0.5) is 0 Å². The van der Waals surface area contributed by atoms with Crippen LogP contribution in [0.1, 0.15) is 15.6 Å². The minimum Gasteiger partial charge on any atom is -0.311 e. The molecule has 5 heteroatoms. The van der Waals surface area contributed by atoms with Crippen LogP contribution < -0.4 is 5.32 Å². The summed E-state index contributed by atoms with van der Waals surface area (Å²) < 4.78 is 1.73. The van der Waals surface area contributed by atoms with E-state index in [9.17, 15) is 0 Å². The number of hydrogen-bond donors (Lipinski definition) is 1. The minimum absolute atomic E-state index is 0.880. The molecule has 0 aliphatic heterocycles. The number of aromatic nitrogens is 3. The summed E-state index contributed by atoms with van der Waals surface area (Å²) in [6.45, 7) is 3.98. The first-order chi connectivity index (χ1) is 7.74. The average Bonchev–Trinajstić information content (AvgIpc) is 2.83. The molecule has 16 heavy (non-hydrogen) atoms. The lowest BCUT2D eigenvalue weighted by Gasteiger charge is -2.00. The van der Waals surface area contributed by atoms with Crippen molar-refractivity contribution in [2.45, 2.75) is 19.9 Å². The molecule has 0 amide bonds. The Bertz CT molecular complexity index is 404. The second-order valence-electron chi connectivity index (χ2n) is 3.77. The van der Waals surface area contributed by atoms with Crippen molar-refractivity contribution < 1.29 is 0 Å². The fraction of sp³-hybridized carbons (Fsp3) is 0.455. The number of thiophene rings is 1. The standard InChI is InChI=1S/C11H16N4S/c1-9-3-4-10(16-9)7-12-6-5-11-13-8-15(2)14-11/h3-4,8,12H,5-7H2,1-2H3. The van der Waals surface area contributed by atoms with E-state index < -0.39 is 0 Å². The summed E-state index contributed by atoms with van der Waals surface area (Å²) in [6.07, 6.45) is 2.61. The van der Waals surface area contributed by atoms with Crippen molar-refractivity contribution in [2.75, 3.05) is 6.54 Å². The van der Waals surface area contributed by atoms with Crippen molar-refractivity contribution in [1.82, 2.24) is 20.1 Å². The van der Waals surface area contributed by atoms with E-state index in [4.69, 9.17) is 0 Å². The molecule has 0 aliphatic carbocycles. The Labute approximate surface area is 99.3 Å². The van der Waals surface area contributed by atoms with E-state index >= 15 is 0 Å². The molecule has 1 N–H and O–H groups in total. The Morgan fingerprint density at radius 2 is 2.31 bits per heavy atom. The van der Waals surface area contributed by atoms with Crippen LogP contribution in [0.15, 0.2) is 18.5 Å². The Balaban J connectivity index is 1.69. The van der Waals surface area contributed by atoms with Gasteiger partial charge in [0.05, 0.1) is 0 Å². The van der Waals surface area contributed by atoms with Crippen molar-refractivity contribution in [2.24, 2.45) is 7.05 Å². The van der Waals surface area contributed by atoms with Gasteiger partial charge in [-0.25, -0.2) is 4.98 Å². The van der Waals surface area contributed by atoms with Crippen molar-refractivity contribution in [1.29, 1.82) is 0 Å². The molecule has 0 atom stereocenters. The van der Waals surface area contributed by atoms with Gasteiger partial charge < -0.3 is 5.32 Å². The Hall–Kier alpha value is -1.20. The third-order valence-corrected chi connectivity index (χ3v) is 3.27. The van der Waals surface area contributed by atoms with Crippen LogP contribution in [0.5, 0.6) is 0 Å². The topological polar surface area (TPSA) is 42.7 Å². The third-order valence-electron chi connectivity index (χ3n) is 2.27. The number of hydrogen-bond acceptors (Lipinski definition) is 4. The quantitative estimate of drug-likeness (QED) is 0.800. The zero-order valence-corrected chi connectivity index (χ0v) is 10.4. The summed E-state index contributed by atoms with van der Waals surface area (Å²) in [5.41, 5.74) is 0. The summed E-state index contributed by atoms with van der Waals surface area (Å²) in [5, 5.41) is 7.62. The molecule has 0 spiro atoms. The molecule has 0 aliphatic rings. The van der Waals surface area contributed by atoms with E-state index in [0.717, 1.165) is 25.3 Å². The molecule has 2 heterocycles. The molecule has 86 valence electrons. The van der Waals surface area contributed by atoms with E-state index in [1.807, 2.05) is 18.4 Å². The fourth-order valence-corrected chi connectivity index (χ4v) is 2.35. The van der Waals surface area contributed by atoms with Gasteiger partial charge in [0.25, 0.3) is 0 Å². The highest BCUT2D eigenvalue weighted by molar-refractivity contribution is 7.11. The highest BCUT2D eigenvalue weighted by Crippen LogP contribution is 2.14. The third kappa shape index (κ3) is 3.15. The normalized spacial score (nSPS) is 10.9. The molecule has 0 fully saturated rings. The lowest BCUT2D eigenvalue weighted by molar-refractivity contribution is 0.665. The maximum atomic E-state index is 4.23. The van der Waals surface area contributed by atoms with E-state index in [1.165, 1.54) is 9.75 Å². The van der Waals surface area contributed by atoms with Crippen molar-refractivity contribution in [3.05, 3.63) is 34.0 Å². The van der Waals surface area contributed by atoms with Gasteiger partial charge in [0.15, 0.2) is 5.82 Å². The summed E-state index contributed by atoms with van der Waals surface area (Å²) in [6, 6.07) is 4.33. The Morgan fingerprint density at radius 3 is 2.94 bits per heavy atom. The zero-order valence-electron chi connectivity index (χ0n) is 9.60. The van der Waals surface area contributed by atoms with Crippen LogP contribution in [0.3, 0.4) is 0 Å². The second kappa shape index (κ2) is 5.23. The highest BCUT2D eigenvalue weighted by Gasteiger charge is 1.99. The van der Waals surface area contributed by atoms with E-state index in [0.29, 0.717) is 0 Å². The molecule has 0 saturated heterocycles. The maximum absolute atomic E-state index is 4.23. The Kier molecular flexibility index (Phi) is 3.69. The number of aryl methyl sites for hydroxylation is 2. The van der Waals surface area contributed by atoms with E-state index in [-0.39, 0.29) is 0 Å². The molecule has 0 saturated carbocycles. The molecule has 0 radical (unpaired) electrons. The largest absolute Gasteiger partial charge is 0.311 e. The molecule has 0 aromatic carbocycles. The van der Waals surface area contributed by atoms with Gasteiger partial charge in [0, 0.05) is 36.3 Å². The first-order valence-electron chi connectivity index (χ1n) is 5.34. The summed E-state index contributed by atoms with van der Waals surface area (Å²) >= 11 is 1.84. The van der Waals surface area contributed by atoms with Gasteiger partial charge in [-0.2, -0.15) is 5.10 Å². The molecule has 2 aromatic heterocycles. The average molecular weight is 236 g/mol. The fourth-order valence-electron chi connectivity index (χ4n) is 1.49. The van der Waals surface area contributed by atoms with E-state index in [2.05, 4.69) is 34.5 Å². The van der Waals surface area contributed by atoms with Crippen LogP contribution in [0.25, 0.3) is 0 Å². The maximum Gasteiger partial charge on any atom is 0.151 e. The van der Waals surface area contributed by atoms with Crippen LogP contribution in [-0.4, -0.2) is 21.3 Å². The SMILES string of the molecule is Cc1ccc(CNCCc2ncn(C)n2)s1. The Morgan fingerprint density at radius 1 is 1.44 bits per heavy atom. The highest BCUT2D eigenvalue weighted by atomic mass is 32.1. The van der Waals surface area contributed by atoms with Crippen LogP contribution in [0, 0.1) is 6.92 Å². The summed E-state index contributed by atoms with van der Waals surface area (Å²) in [4.78, 5) is 6.92. The molecule has 0 unspecified atom stereocenters. The van der Waals surface area contributed by atoms with Crippen LogP contribution >= 0.6 is 11.3 Å². The monoisotopic (exact) mass is 236 g/mol. The van der Waals surface area contributed by atoms with Crippen LogP contribution in [-0.2, 0) is 20.0 Å². The van der Waals surface area contributed by atoms with Gasteiger partial charge >= 0.3 is 0 Å². The predicted molar refractivity (Wildman–Crippen MR) is 65.5 cm³/mol. The van der Waals surface area contributed by atoms with Crippen molar-refractivity contribution >= 4 is 11.3 Å². The first-order valence-corrected chi connectivity index (χ1v) is 6.16. The van der Waals surface area contributed by atoms with Crippen molar-refractivity contribution in [3.63, 3.8) is 0 Å². The second-order valence-corrected chi connectivity index (χ2v) is 5.15. The van der Waals surface area contributed by atoms with Crippen molar-refractivity contribution in [3.8, 4) is 0 Å². The van der Waals surface area contributed by atoms with Gasteiger partial charge in [-0.1, -0.05) is 0 Å². The number of rotatable bonds is 5. The number of nitrogens with zero attached hydrogens (tertiary/aromatic N) is 3. The first kappa shape index (κ1) is 11.3. The molecule has 0 bridgehead atoms. The van der Waals surface area contributed by atoms with E-state index in [1.54, 1.807) is 11.0 Å². The number of nitrogens with one attached hydrogen (secondary N) is 1. The minimum atomic E-state index is 0.880. The lowest BCUT2D eigenvalue weighted by atomic mass is 10.4. The summed E-state index contributed by atoms with van der Waals surface area (Å²) in [5.74, 6) is 0.900. The lowest BCUT2D eigenvalue weighted by Crippen LogP contribution is -2.16. The molecule has 2 rings (SSSR count). The molecule has 4 nitrogen and oxygen atoms in total. The molecular weight excluding hydrogens is 220 g/mol. The van der Waals surface area contributed by atoms with Gasteiger partial charge in [-0.15, -0.1) is 11.3 Å². The smallest absolute Gasteiger partial charge is 0.151 e. The van der Waals surface area contributed by atoms with Gasteiger partial charge in [-0.05, 0) is 19.1 Å². The van der Waals surface area contributed by atoms with Gasteiger partial charge in [0.2, 0.25) is 0 Å². The summed E-state index contributed by atoms with van der Waals surface area (Å²) in [7, 11) is 1.89. The van der Waals surface area contributed by atoms with Gasteiger partial charge in [0.1, 0.15) is 6.33 Å². The predicted octanol–water partition coefficient (Wildman–Crippen LogP) is 1.52. The molecular formula is C11H16N4S. The zero-order chi connectivity index (χ0) is 11.4.